The maximum absolute atomic E-state index is 13.3. The Balaban J connectivity index is 1.06. The van der Waals surface area contributed by atoms with Crippen molar-refractivity contribution in [3.8, 4) is 5.69 Å². The second kappa shape index (κ2) is 9.61. The van der Waals surface area contributed by atoms with Gasteiger partial charge in [0.1, 0.15) is 12.1 Å². The van der Waals surface area contributed by atoms with E-state index in [1.165, 1.54) is 28.0 Å². The second-order valence-corrected chi connectivity index (χ2v) is 9.13. The Kier molecular flexibility index (Phi) is 5.98. The van der Waals surface area contributed by atoms with Crippen LogP contribution >= 0.6 is 0 Å². The lowest BCUT2D eigenvalue weighted by molar-refractivity contribution is -0.131. The summed E-state index contributed by atoms with van der Waals surface area (Å²) < 4.78 is 14.9. The van der Waals surface area contributed by atoms with Crippen LogP contribution in [0.4, 0.5) is 10.2 Å². The maximum atomic E-state index is 13.3. The van der Waals surface area contributed by atoms with Crippen LogP contribution in [0.15, 0.2) is 54.9 Å². The predicted molar refractivity (Wildman–Crippen MR) is 134 cm³/mol. The van der Waals surface area contributed by atoms with Gasteiger partial charge >= 0.3 is 0 Å². The summed E-state index contributed by atoms with van der Waals surface area (Å²) in [5.41, 5.74) is 2.49. The summed E-state index contributed by atoms with van der Waals surface area (Å²) in [6, 6.07) is 12.7. The molecule has 2 aliphatic rings. The number of hydrogen-bond acceptors (Lipinski definition) is 8. The monoisotopic (exact) mass is 514 g/mol. The third-order valence-corrected chi connectivity index (χ3v) is 6.87. The maximum Gasteiger partial charge on any atom is 0.261 e. The van der Waals surface area contributed by atoms with Crippen LogP contribution in [0.3, 0.4) is 0 Å². The molecule has 2 aromatic carbocycles. The first kappa shape index (κ1) is 23.6. The minimum absolute atomic E-state index is 0.0173. The van der Waals surface area contributed by atoms with E-state index in [0.29, 0.717) is 66.4 Å². The van der Waals surface area contributed by atoms with E-state index in [-0.39, 0.29) is 36.5 Å². The van der Waals surface area contributed by atoms with Crippen LogP contribution in [-0.2, 0) is 4.79 Å². The standard InChI is InChI=1S/C26H23FN8O3/c27-17-7-9-18(10-8-17)35-24-22(30-31-35)23(28-16-29-24)33-14-12-32(13-15-33)21(36)6-3-11-34-25(37)19-4-1-2-5-20(19)26(34)38/h1-2,4-5,7-10,16H,3,6,11-15H2. The SMILES string of the molecule is O=C(CCCN1C(=O)c2ccccc2C1=O)N1CCN(c2ncnc3c2nnn3-c2ccc(F)cc2)CC1. The highest BCUT2D eigenvalue weighted by molar-refractivity contribution is 6.21. The number of halogens is 1. The fraction of sp³-hybridized carbons (Fsp3) is 0.269. The van der Waals surface area contributed by atoms with Crippen molar-refractivity contribution in [3.05, 3.63) is 71.8 Å². The van der Waals surface area contributed by atoms with Crippen LogP contribution in [0, 0.1) is 5.82 Å². The van der Waals surface area contributed by atoms with E-state index in [0.717, 1.165) is 0 Å². The first-order chi connectivity index (χ1) is 18.5. The number of piperazine rings is 1. The van der Waals surface area contributed by atoms with Crippen molar-refractivity contribution in [2.45, 2.75) is 12.8 Å². The highest BCUT2D eigenvalue weighted by atomic mass is 19.1. The lowest BCUT2D eigenvalue weighted by atomic mass is 10.1. The van der Waals surface area contributed by atoms with Gasteiger partial charge in [-0.25, -0.2) is 14.4 Å². The molecule has 2 aromatic heterocycles. The van der Waals surface area contributed by atoms with Crippen molar-refractivity contribution in [3.63, 3.8) is 0 Å². The van der Waals surface area contributed by atoms with Gasteiger partial charge < -0.3 is 9.80 Å². The van der Waals surface area contributed by atoms with Crippen molar-refractivity contribution in [1.82, 2.24) is 34.8 Å². The van der Waals surface area contributed by atoms with Crippen LogP contribution in [0.5, 0.6) is 0 Å². The molecule has 0 saturated carbocycles. The molecule has 2 aliphatic heterocycles. The first-order valence-corrected chi connectivity index (χ1v) is 12.3. The molecular weight excluding hydrogens is 491 g/mol. The predicted octanol–water partition coefficient (Wildman–Crippen LogP) is 2.07. The van der Waals surface area contributed by atoms with Crippen molar-refractivity contribution in [2.75, 3.05) is 37.6 Å². The highest BCUT2D eigenvalue weighted by Crippen LogP contribution is 2.25. The van der Waals surface area contributed by atoms with Gasteiger partial charge in [-0.1, -0.05) is 17.3 Å². The quantitative estimate of drug-likeness (QED) is 0.359. The molecule has 192 valence electrons. The van der Waals surface area contributed by atoms with Gasteiger partial charge in [-0.3, -0.25) is 19.3 Å². The Hall–Kier alpha value is -4.74. The van der Waals surface area contributed by atoms with E-state index >= 15 is 0 Å². The van der Waals surface area contributed by atoms with Gasteiger partial charge in [-0.15, -0.1) is 5.10 Å². The Morgan fingerprint density at radius 1 is 0.895 bits per heavy atom. The average Bonchev–Trinajstić information content (AvgIpc) is 3.49. The first-order valence-electron chi connectivity index (χ1n) is 12.3. The largest absolute Gasteiger partial charge is 0.351 e. The molecular formula is C26H23FN8O3. The van der Waals surface area contributed by atoms with Crippen LogP contribution in [-0.4, -0.2) is 85.2 Å². The number of rotatable bonds is 6. The van der Waals surface area contributed by atoms with E-state index in [1.54, 1.807) is 41.3 Å². The Morgan fingerprint density at radius 2 is 1.58 bits per heavy atom. The van der Waals surface area contributed by atoms with Crippen LogP contribution in [0.2, 0.25) is 0 Å². The number of aromatic nitrogens is 5. The molecule has 0 aliphatic carbocycles. The molecule has 0 bridgehead atoms. The third kappa shape index (κ3) is 4.13. The number of hydrogen-bond donors (Lipinski definition) is 0. The minimum atomic E-state index is -0.343. The third-order valence-electron chi connectivity index (χ3n) is 6.87. The molecule has 4 heterocycles. The van der Waals surface area contributed by atoms with E-state index < -0.39 is 0 Å². The molecule has 0 atom stereocenters. The lowest BCUT2D eigenvalue weighted by Gasteiger charge is -2.35. The molecule has 12 heteroatoms. The van der Waals surface area contributed by atoms with Crippen LogP contribution < -0.4 is 4.90 Å². The fourth-order valence-corrected chi connectivity index (χ4v) is 4.88. The summed E-state index contributed by atoms with van der Waals surface area (Å²) in [4.78, 5) is 51.6. The zero-order valence-electron chi connectivity index (χ0n) is 20.3. The normalized spacial score (nSPS) is 15.4. The van der Waals surface area contributed by atoms with Gasteiger partial charge in [-0.05, 0) is 42.8 Å². The van der Waals surface area contributed by atoms with Crippen molar-refractivity contribution in [2.24, 2.45) is 0 Å². The molecule has 0 spiro atoms. The zero-order chi connectivity index (χ0) is 26.2. The van der Waals surface area contributed by atoms with E-state index in [9.17, 15) is 18.8 Å². The van der Waals surface area contributed by atoms with Gasteiger partial charge in [0.15, 0.2) is 17.0 Å². The van der Waals surface area contributed by atoms with E-state index in [4.69, 9.17) is 0 Å². The average molecular weight is 515 g/mol. The lowest BCUT2D eigenvalue weighted by Crippen LogP contribution is -2.49. The van der Waals surface area contributed by atoms with Gasteiger partial charge in [-0.2, -0.15) is 4.68 Å². The summed E-state index contributed by atoms with van der Waals surface area (Å²) >= 11 is 0. The van der Waals surface area contributed by atoms with Gasteiger partial charge in [0.2, 0.25) is 5.91 Å². The number of carbonyl (C=O) groups excluding carboxylic acids is 3. The highest BCUT2D eigenvalue weighted by Gasteiger charge is 2.34. The summed E-state index contributed by atoms with van der Waals surface area (Å²) in [6.45, 7) is 2.33. The molecule has 1 fully saturated rings. The number of carbonyl (C=O) groups is 3. The molecule has 6 rings (SSSR count). The molecule has 0 radical (unpaired) electrons. The smallest absolute Gasteiger partial charge is 0.261 e. The molecule has 3 amide bonds. The number of amides is 3. The van der Waals surface area contributed by atoms with Gasteiger partial charge in [0.25, 0.3) is 11.8 Å². The Labute approximate surface area is 216 Å². The fourth-order valence-electron chi connectivity index (χ4n) is 4.88. The molecule has 0 unspecified atom stereocenters. The molecule has 38 heavy (non-hydrogen) atoms. The summed E-state index contributed by atoms with van der Waals surface area (Å²) in [5, 5.41) is 8.45. The van der Waals surface area contributed by atoms with Gasteiger partial charge in [0.05, 0.1) is 16.8 Å². The van der Waals surface area contributed by atoms with Crippen LogP contribution in [0.25, 0.3) is 16.9 Å². The van der Waals surface area contributed by atoms with Crippen molar-refractivity contribution >= 4 is 34.7 Å². The van der Waals surface area contributed by atoms with E-state index in [2.05, 4.69) is 20.3 Å². The van der Waals surface area contributed by atoms with Gasteiger partial charge in [0, 0.05) is 39.1 Å². The Bertz CT molecular complexity index is 1510. The number of fused-ring (bicyclic) bond motifs is 2. The number of benzene rings is 2. The van der Waals surface area contributed by atoms with E-state index in [1.807, 2.05) is 4.90 Å². The second-order valence-electron chi connectivity index (χ2n) is 9.13. The molecule has 4 aromatic rings. The number of anilines is 1. The topological polar surface area (TPSA) is 117 Å². The minimum Gasteiger partial charge on any atom is -0.351 e. The number of imide groups is 1. The zero-order valence-corrected chi connectivity index (χ0v) is 20.3. The summed E-state index contributed by atoms with van der Waals surface area (Å²) in [7, 11) is 0. The van der Waals surface area contributed by atoms with Crippen molar-refractivity contribution in [1.29, 1.82) is 0 Å². The van der Waals surface area contributed by atoms with Crippen molar-refractivity contribution < 1.29 is 18.8 Å². The summed E-state index contributed by atoms with van der Waals surface area (Å²) in [5.74, 6) is -0.347. The van der Waals surface area contributed by atoms with Crippen LogP contribution in [0.1, 0.15) is 33.6 Å². The molecule has 11 nitrogen and oxygen atoms in total. The molecule has 0 N–H and O–H groups in total. The molecule has 1 saturated heterocycles. The Morgan fingerprint density at radius 3 is 2.26 bits per heavy atom. The number of nitrogens with zero attached hydrogens (tertiary/aromatic N) is 8. The summed E-state index contributed by atoms with van der Waals surface area (Å²) in [6.07, 6.45) is 2.10.